The fraction of sp³-hybridized carbons (Fsp3) is 0.409. The molecule has 0 atom stereocenters. The van der Waals surface area contributed by atoms with Crippen molar-refractivity contribution in [3.63, 3.8) is 0 Å². The van der Waals surface area contributed by atoms with Gasteiger partial charge in [-0.3, -0.25) is 9.38 Å². The molecule has 1 N–H and O–H groups in total. The van der Waals surface area contributed by atoms with E-state index >= 15 is 0 Å². The van der Waals surface area contributed by atoms with Crippen LogP contribution in [0.15, 0.2) is 36.7 Å². The number of hydrogen-bond donors (Lipinski definition) is 1. The molecule has 3 aromatic rings. The third-order valence-corrected chi connectivity index (χ3v) is 5.56. The minimum Gasteiger partial charge on any atom is -0.444 e. The third-order valence-electron chi connectivity index (χ3n) is 5.34. The summed E-state index contributed by atoms with van der Waals surface area (Å²) in [5.41, 5.74) is -1.90. The van der Waals surface area contributed by atoms with Crippen LogP contribution in [0.2, 0.25) is 5.02 Å². The zero-order valence-corrected chi connectivity index (χ0v) is 19.3. The van der Waals surface area contributed by atoms with Crippen LogP contribution in [0.4, 0.5) is 28.2 Å². The van der Waals surface area contributed by atoms with Gasteiger partial charge in [-0.2, -0.15) is 13.2 Å². The molecule has 1 amide bonds. The first-order chi connectivity index (χ1) is 15.8. The van der Waals surface area contributed by atoms with E-state index in [0.717, 1.165) is 12.4 Å². The van der Waals surface area contributed by atoms with Crippen LogP contribution in [0.3, 0.4) is 0 Å². The molecule has 0 unspecified atom stereocenters. The number of amides is 1. The molecule has 12 heteroatoms. The van der Waals surface area contributed by atoms with Crippen molar-refractivity contribution in [1.29, 1.82) is 0 Å². The molecule has 0 aliphatic carbocycles. The normalized spacial score (nSPS) is 15.8. The Hall–Kier alpha value is -3.08. The first-order valence-electron chi connectivity index (χ1n) is 10.4. The molecule has 1 aliphatic heterocycles. The largest absolute Gasteiger partial charge is 0.444 e. The van der Waals surface area contributed by atoms with E-state index in [0.29, 0.717) is 5.69 Å². The zero-order valence-electron chi connectivity index (χ0n) is 18.6. The topological polar surface area (TPSA) is 71.8 Å². The van der Waals surface area contributed by atoms with Gasteiger partial charge >= 0.3 is 12.3 Å². The van der Waals surface area contributed by atoms with E-state index < -0.39 is 34.8 Å². The van der Waals surface area contributed by atoms with E-state index in [1.165, 1.54) is 33.6 Å². The average Bonchev–Trinajstić information content (AvgIpc) is 3.11. The fourth-order valence-electron chi connectivity index (χ4n) is 3.78. The van der Waals surface area contributed by atoms with Gasteiger partial charge in [0.15, 0.2) is 5.69 Å². The van der Waals surface area contributed by atoms with Gasteiger partial charge in [-0.1, -0.05) is 11.6 Å². The van der Waals surface area contributed by atoms with E-state index in [-0.39, 0.29) is 36.1 Å². The number of halogens is 5. The smallest absolute Gasteiger partial charge is 0.434 e. The average molecular weight is 500 g/mol. The molecule has 1 aliphatic rings. The number of carbonyl (C=O) groups excluding carboxylic acids is 1. The summed E-state index contributed by atoms with van der Waals surface area (Å²) in [5.74, 6) is -0.229. The van der Waals surface area contributed by atoms with E-state index in [1.54, 1.807) is 20.8 Å². The van der Waals surface area contributed by atoms with Crippen molar-refractivity contribution in [3.05, 3.63) is 58.9 Å². The standard InChI is InChI=1S/C22H22ClF4N5O2/c1-20(2,3)34-19(33)31-11-21(12-31,15-5-4-14(24)8-28-15)10-29-17-6-13(23)7-18-30-16(9-32(17)18)22(25,26)27/h4-9,29H,10-12H2,1-3H3. The van der Waals surface area contributed by atoms with Gasteiger partial charge in [0.2, 0.25) is 0 Å². The Bertz CT molecular complexity index is 1210. The molecular weight excluding hydrogens is 478 g/mol. The van der Waals surface area contributed by atoms with Crippen molar-refractivity contribution in [2.45, 2.75) is 38.0 Å². The minimum absolute atomic E-state index is 0.0280. The van der Waals surface area contributed by atoms with Crippen molar-refractivity contribution in [1.82, 2.24) is 19.3 Å². The second kappa shape index (κ2) is 8.30. The van der Waals surface area contributed by atoms with Crippen LogP contribution < -0.4 is 5.32 Å². The third kappa shape index (κ3) is 4.89. The Morgan fingerprint density at radius 2 is 1.94 bits per heavy atom. The number of anilines is 1. The van der Waals surface area contributed by atoms with Gasteiger partial charge in [-0.15, -0.1) is 0 Å². The molecule has 0 aromatic carbocycles. The molecule has 0 spiro atoms. The molecule has 0 radical (unpaired) electrons. The summed E-state index contributed by atoms with van der Waals surface area (Å²) in [6, 6.07) is 5.60. The number of carbonyl (C=O) groups is 1. The van der Waals surface area contributed by atoms with E-state index in [9.17, 15) is 22.4 Å². The Balaban J connectivity index is 1.61. The molecular formula is C22H22ClF4N5O2. The quantitative estimate of drug-likeness (QED) is 0.503. The van der Waals surface area contributed by atoms with Crippen LogP contribution in [0.5, 0.6) is 0 Å². The van der Waals surface area contributed by atoms with Crippen LogP contribution in [0.1, 0.15) is 32.2 Å². The number of imidazole rings is 1. The first-order valence-corrected chi connectivity index (χ1v) is 10.7. The lowest BCUT2D eigenvalue weighted by atomic mass is 9.76. The number of ether oxygens (including phenoxy) is 1. The van der Waals surface area contributed by atoms with E-state index in [4.69, 9.17) is 16.3 Å². The van der Waals surface area contributed by atoms with Crippen molar-refractivity contribution < 1.29 is 27.1 Å². The highest BCUT2D eigenvalue weighted by molar-refractivity contribution is 6.31. The van der Waals surface area contributed by atoms with Gasteiger partial charge in [0, 0.05) is 36.9 Å². The summed E-state index contributed by atoms with van der Waals surface area (Å²) in [5, 5.41) is 3.32. The van der Waals surface area contributed by atoms with Gasteiger partial charge in [0.05, 0.1) is 17.3 Å². The Morgan fingerprint density at radius 1 is 1.24 bits per heavy atom. The van der Waals surface area contributed by atoms with Crippen LogP contribution in [-0.4, -0.2) is 50.6 Å². The molecule has 0 saturated carbocycles. The summed E-state index contributed by atoms with van der Waals surface area (Å²) in [6.45, 7) is 5.88. The van der Waals surface area contributed by atoms with Crippen LogP contribution >= 0.6 is 11.6 Å². The van der Waals surface area contributed by atoms with E-state index in [1.807, 2.05) is 0 Å². The van der Waals surface area contributed by atoms with Crippen molar-refractivity contribution in [3.8, 4) is 0 Å². The van der Waals surface area contributed by atoms with Crippen LogP contribution in [0.25, 0.3) is 5.65 Å². The molecule has 7 nitrogen and oxygen atoms in total. The summed E-state index contributed by atoms with van der Waals surface area (Å²) in [4.78, 5) is 21.8. The number of fused-ring (bicyclic) bond motifs is 1. The number of pyridine rings is 2. The molecule has 1 saturated heterocycles. The lowest BCUT2D eigenvalue weighted by Gasteiger charge is -2.49. The van der Waals surface area contributed by atoms with E-state index in [2.05, 4.69) is 15.3 Å². The molecule has 1 fully saturated rings. The molecule has 4 heterocycles. The van der Waals surface area contributed by atoms with Crippen molar-refractivity contribution >= 4 is 29.2 Å². The van der Waals surface area contributed by atoms with Gasteiger partial charge < -0.3 is 15.0 Å². The number of hydrogen-bond acceptors (Lipinski definition) is 5. The van der Waals surface area contributed by atoms with Gasteiger partial charge in [-0.25, -0.2) is 14.2 Å². The second-order valence-electron chi connectivity index (χ2n) is 9.24. The summed E-state index contributed by atoms with van der Waals surface area (Å²) < 4.78 is 59.7. The number of aromatic nitrogens is 3. The predicted octanol–water partition coefficient (Wildman–Crippen LogP) is 5.14. The predicted molar refractivity (Wildman–Crippen MR) is 117 cm³/mol. The van der Waals surface area contributed by atoms with Crippen LogP contribution in [0, 0.1) is 5.82 Å². The number of alkyl halides is 3. The maximum atomic E-state index is 13.5. The van der Waals surface area contributed by atoms with Gasteiger partial charge in [0.1, 0.15) is 22.9 Å². The lowest BCUT2D eigenvalue weighted by Crippen LogP contribution is -2.65. The number of nitrogens with zero attached hydrogens (tertiary/aromatic N) is 4. The summed E-state index contributed by atoms with van der Waals surface area (Å²) >= 11 is 6.11. The van der Waals surface area contributed by atoms with Gasteiger partial charge in [0.25, 0.3) is 0 Å². The Kier molecular flexibility index (Phi) is 5.87. The SMILES string of the molecule is CC(C)(C)OC(=O)N1CC(CNc2cc(Cl)cc3nc(C(F)(F)F)cn23)(c2ccc(F)cn2)C1. The van der Waals surface area contributed by atoms with Crippen molar-refractivity contribution in [2.75, 3.05) is 25.0 Å². The summed E-state index contributed by atoms with van der Waals surface area (Å²) in [6.07, 6.45) is -3.16. The number of rotatable bonds is 4. The number of likely N-dealkylation sites (tertiary alicyclic amines) is 1. The molecule has 34 heavy (non-hydrogen) atoms. The maximum absolute atomic E-state index is 13.5. The second-order valence-corrected chi connectivity index (χ2v) is 9.68. The maximum Gasteiger partial charge on any atom is 0.434 e. The molecule has 0 bridgehead atoms. The molecule has 3 aromatic heterocycles. The Morgan fingerprint density at radius 3 is 2.53 bits per heavy atom. The van der Waals surface area contributed by atoms with Crippen LogP contribution in [-0.2, 0) is 16.3 Å². The minimum atomic E-state index is -4.61. The highest BCUT2D eigenvalue weighted by atomic mass is 35.5. The highest BCUT2D eigenvalue weighted by Gasteiger charge is 2.49. The van der Waals surface area contributed by atoms with Gasteiger partial charge in [-0.05, 0) is 39.0 Å². The highest BCUT2D eigenvalue weighted by Crippen LogP contribution is 2.36. The molecule has 182 valence electrons. The zero-order chi connectivity index (χ0) is 24.9. The summed E-state index contributed by atoms with van der Waals surface area (Å²) in [7, 11) is 0. The first kappa shape index (κ1) is 24.1. The Labute approximate surface area is 197 Å². The monoisotopic (exact) mass is 499 g/mol. The number of nitrogens with one attached hydrogen (secondary N) is 1. The fourth-order valence-corrected chi connectivity index (χ4v) is 3.98. The van der Waals surface area contributed by atoms with Crippen molar-refractivity contribution in [2.24, 2.45) is 0 Å². The molecule has 4 rings (SSSR count). The lowest BCUT2D eigenvalue weighted by molar-refractivity contribution is -0.140.